The molecule has 1 amide bonds. The van der Waals surface area contributed by atoms with Crippen LogP contribution in [0, 0.1) is 5.92 Å². The van der Waals surface area contributed by atoms with Crippen LogP contribution in [0.25, 0.3) is 0 Å². The van der Waals surface area contributed by atoms with E-state index in [1.807, 2.05) is 51.1 Å². The third-order valence-electron chi connectivity index (χ3n) is 4.28. The Balaban J connectivity index is 1.93. The van der Waals surface area contributed by atoms with Crippen LogP contribution in [0.2, 0.25) is 0 Å². The van der Waals surface area contributed by atoms with Crippen molar-refractivity contribution in [1.29, 1.82) is 0 Å². The Morgan fingerprint density at radius 2 is 1.95 bits per heavy atom. The summed E-state index contributed by atoms with van der Waals surface area (Å²) in [6.45, 7) is 6.50. The standard InChI is InChI=1S/C15H21N3O2/c1-14(2,3)18-9-11-12(10-7-5-4-6-8-10)16-17-15(11,20)13(18)19/h4-8,11-12,16-17,20H,9H2,1-3H3. The normalized spacial score (nSPS) is 33.6. The maximum Gasteiger partial charge on any atom is 0.272 e. The molecular weight excluding hydrogens is 254 g/mol. The predicted octanol–water partition coefficient (Wildman–Crippen LogP) is 0.781. The molecule has 5 nitrogen and oxygen atoms in total. The van der Waals surface area contributed by atoms with E-state index in [4.69, 9.17) is 0 Å². The van der Waals surface area contributed by atoms with Gasteiger partial charge < -0.3 is 10.0 Å². The summed E-state index contributed by atoms with van der Waals surface area (Å²) in [4.78, 5) is 14.3. The molecule has 2 aliphatic rings. The molecule has 0 bridgehead atoms. The number of hydrogen-bond donors (Lipinski definition) is 3. The van der Waals surface area contributed by atoms with Crippen LogP contribution in [0.3, 0.4) is 0 Å². The number of hydrazine groups is 1. The van der Waals surface area contributed by atoms with Crippen molar-refractivity contribution in [2.75, 3.05) is 6.54 Å². The SMILES string of the molecule is CC(C)(C)N1CC2C(c3ccccc3)NNC2(O)C1=O. The van der Waals surface area contributed by atoms with Gasteiger partial charge in [0.1, 0.15) is 0 Å². The van der Waals surface area contributed by atoms with Crippen molar-refractivity contribution in [3.63, 3.8) is 0 Å². The third-order valence-corrected chi connectivity index (χ3v) is 4.28. The molecule has 2 fully saturated rings. The highest BCUT2D eigenvalue weighted by Gasteiger charge is 2.61. The first-order chi connectivity index (χ1) is 9.34. The van der Waals surface area contributed by atoms with Gasteiger partial charge in [0.2, 0.25) is 5.72 Å². The average Bonchev–Trinajstić information content (AvgIpc) is 2.85. The number of nitrogens with zero attached hydrogens (tertiary/aromatic N) is 1. The molecule has 108 valence electrons. The van der Waals surface area contributed by atoms with Crippen molar-refractivity contribution >= 4 is 5.91 Å². The van der Waals surface area contributed by atoms with Crippen LogP contribution in [0.1, 0.15) is 32.4 Å². The summed E-state index contributed by atoms with van der Waals surface area (Å²) in [5.74, 6) is -0.447. The van der Waals surface area contributed by atoms with Crippen LogP contribution in [-0.2, 0) is 4.79 Å². The number of benzene rings is 1. The fraction of sp³-hybridized carbons (Fsp3) is 0.533. The van der Waals surface area contributed by atoms with E-state index in [-0.39, 0.29) is 23.4 Å². The van der Waals surface area contributed by atoms with E-state index >= 15 is 0 Å². The molecular formula is C15H21N3O2. The average molecular weight is 275 g/mol. The smallest absolute Gasteiger partial charge is 0.272 e. The number of likely N-dealkylation sites (tertiary alicyclic amines) is 1. The summed E-state index contributed by atoms with van der Waals surface area (Å²) < 4.78 is 0. The Bertz CT molecular complexity index is 526. The summed E-state index contributed by atoms with van der Waals surface area (Å²) >= 11 is 0. The van der Waals surface area contributed by atoms with Crippen LogP contribution in [0.15, 0.2) is 30.3 Å². The van der Waals surface area contributed by atoms with Gasteiger partial charge in [-0.15, -0.1) is 0 Å². The van der Waals surface area contributed by atoms with Crippen molar-refractivity contribution in [2.24, 2.45) is 5.92 Å². The van der Waals surface area contributed by atoms with E-state index in [1.165, 1.54) is 0 Å². The van der Waals surface area contributed by atoms with Gasteiger partial charge in [-0.2, -0.15) is 0 Å². The van der Waals surface area contributed by atoms with Gasteiger partial charge in [0.25, 0.3) is 5.91 Å². The zero-order chi connectivity index (χ0) is 14.5. The second kappa shape index (κ2) is 4.28. The van der Waals surface area contributed by atoms with Crippen LogP contribution in [-0.4, -0.2) is 33.7 Å². The third kappa shape index (κ3) is 1.85. The number of aliphatic hydroxyl groups is 1. The van der Waals surface area contributed by atoms with E-state index in [0.717, 1.165) is 5.56 Å². The van der Waals surface area contributed by atoms with Crippen LogP contribution < -0.4 is 10.9 Å². The van der Waals surface area contributed by atoms with Crippen LogP contribution in [0.4, 0.5) is 0 Å². The molecule has 3 atom stereocenters. The van der Waals surface area contributed by atoms with Gasteiger partial charge >= 0.3 is 0 Å². The van der Waals surface area contributed by atoms with Gasteiger partial charge in [-0.3, -0.25) is 4.79 Å². The quantitative estimate of drug-likeness (QED) is 0.709. The van der Waals surface area contributed by atoms with Crippen LogP contribution in [0.5, 0.6) is 0 Å². The Morgan fingerprint density at radius 3 is 2.55 bits per heavy atom. The minimum atomic E-state index is -1.51. The number of carbonyl (C=O) groups is 1. The lowest BCUT2D eigenvalue weighted by Crippen LogP contribution is -2.55. The Labute approximate surface area is 118 Å². The lowest BCUT2D eigenvalue weighted by Gasteiger charge is -2.33. The molecule has 3 rings (SSSR count). The summed E-state index contributed by atoms with van der Waals surface area (Å²) in [5.41, 5.74) is 5.16. The number of carbonyl (C=O) groups excluding carboxylic acids is 1. The molecule has 0 aromatic heterocycles. The Hall–Kier alpha value is -1.43. The highest BCUT2D eigenvalue weighted by Crippen LogP contribution is 2.42. The van der Waals surface area contributed by atoms with Crippen molar-refractivity contribution in [1.82, 2.24) is 15.8 Å². The largest absolute Gasteiger partial charge is 0.366 e. The number of hydrogen-bond acceptors (Lipinski definition) is 4. The highest BCUT2D eigenvalue weighted by molar-refractivity contribution is 5.88. The lowest BCUT2D eigenvalue weighted by molar-refractivity contribution is -0.150. The topological polar surface area (TPSA) is 64.6 Å². The van der Waals surface area contributed by atoms with Gasteiger partial charge in [0, 0.05) is 12.1 Å². The number of amides is 1. The molecule has 1 aromatic carbocycles. The first kappa shape index (κ1) is 13.5. The van der Waals surface area contributed by atoms with Gasteiger partial charge in [-0.05, 0) is 26.3 Å². The van der Waals surface area contributed by atoms with Gasteiger partial charge in [-0.1, -0.05) is 30.3 Å². The number of fused-ring (bicyclic) bond motifs is 1. The molecule has 0 saturated carbocycles. The van der Waals surface area contributed by atoms with E-state index in [2.05, 4.69) is 10.9 Å². The molecule has 3 N–H and O–H groups in total. The van der Waals surface area contributed by atoms with Crippen molar-refractivity contribution < 1.29 is 9.90 Å². The monoisotopic (exact) mass is 275 g/mol. The highest BCUT2D eigenvalue weighted by atomic mass is 16.3. The molecule has 5 heteroatoms. The zero-order valence-electron chi connectivity index (χ0n) is 12.1. The predicted molar refractivity (Wildman–Crippen MR) is 75.4 cm³/mol. The fourth-order valence-corrected chi connectivity index (χ4v) is 3.11. The maximum absolute atomic E-state index is 12.5. The first-order valence-electron chi connectivity index (χ1n) is 6.96. The first-order valence-corrected chi connectivity index (χ1v) is 6.96. The molecule has 3 unspecified atom stereocenters. The summed E-state index contributed by atoms with van der Waals surface area (Å²) in [5, 5.41) is 10.7. The number of nitrogens with one attached hydrogen (secondary N) is 2. The Kier molecular flexibility index (Phi) is 2.90. The van der Waals surface area contributed by atoms with Crippen molar-refractivity contribution in [3.05, 3.63) is 35.9 Å². The zero-order valence-corrected chi connectivity index (χ0v) is 12.1. The van der Waals surface area contributed by atoms with Crippen molar-refractivity contribution in [2.45, 2.75) is 38.1 Å². The van der Waals surface area contributed by atoms with E-state index < -0.39 is 5.72 Å². The van der Waals surface area contributed by atoms with Gasteiger partial charge in [0.05, 0.1) is 12.0 Å². The molecule has 1 aromatic rings. The second-order valence-electron chi connectivity index (χ2n) is 6.62. The van der Waals surface area contributed by atoms with E-state index in [1.54, 1.807) is 4.90 Å². The molecule has 2 saturated heterocycles. The summed E-state index contributed by atoms with van der Waals surface area (Å²) in [6.07, 6.45) is 0. The minimum Gasteiger partial charge on any atom is -0.366 e. The molecule has 20 heavy (non-hydrogen) atoms. The summed E-state index contributed by atoms with van der Waals surface area (Å²) in [7, 11) is 0. The number of rotatable bonds is 1. The maximum atomic E-state index is 12.5. The Morgan fingerprint density at radius 1 is 1.30 bits per heavy atom. The molecule has 2 heterocycles. The van der Waals surface area contributed by atoms with Gasteiger partial charge in [-0.25, -0.2) is 10.9 Å². The molecule has 0 radical (unpaired) electrons. The van der Waals surface area contributed by atoms with Crippen molar-refractivity contribution in [3.8, 4) is 0 Å². The van der Waals surface area contributed by atoms with E-state index in [9.17, 15) is 9.90 Å². The summed E-state index contributed by atoms with van der Waals surface area (Å²) in [6, 6.07) is 9.83. The van der Waals surface area contributed by atoms with Crippen LogP contribution >= 0.6 is 0 Å². The second-order valence-corrected chi connectivity index (χ2v) is 6.62. The lowest BCUT2D eigenvalue weighted by atomic mass is 9.89. The van der Waals surface area contributed by atoms with Gasteiger partial charge in [0.15, 0.2) is 0 Å². The molecule has 0 aliphatic carbocycles. The minimum absolute atomic E-state index is 0.0718. The van der Waals surface area contributed by atoms with E-state index in [0.29, 0.717) is 6.54 Å². The molecule has 2 aliphatic heterocycles. The fourth-order valence-electron chi connectivity index (χ4n) is 3.11. The molecule has 0 spiro atoms.